The molecule has 1 aliphatic heterocycles. The van der Waals surface area contributed by atoms with Crippen LogP contribution in [0.25, 0.3) is 0 Å². The zero-order valence-electron chi connectivity index (χ0n) is 12.5. The lowest BCUT2D eigenvalue weighted by Gasteiger charge is -2.41. The van der Waals surface area contributed by atoms with Crippen LogP contribution in [-0.4, -0.2) is 6.54 Å². The highest BCUT2D eigenvalue weighted by molar-refractivity contribution is 5.59. The molecule has 2 aliphatic rings. The molecule has 0 aromatic heterocycles. The number of benzene rings is 1. The van der Waals surface area contributed by atoms with Crippen molar-refractivity contribution < 1.29 is 8.78 Å². The van der Waals surface area contributed by atoms with Crippen molar-refractivity contribution in [1.29, 1.82) is 0 Å². The van der Waals surface area contributed by atoms with Crippen LogP contribution in [0.15, 0.2) is 12.1 Å². The summed E-state index contributed by atoms with van der Waals surface area (Å²) in [5, 5.41) is 3.14. The normalized spacial score (nSPS) is 31.8. The van der Waals surface area contributed by atoms with Crippen molar-refractivity contribution in [1.82, 2.24) is 0 Å². The number of rotatable bonds is 1. The molecule has 1 N–H and O–H groups in total. The molecule has 3 unspecified atom stereocenters. The molecule has 1 aromatic rings. The van der Waals surface area contributed by atoms with Crippen molar-refractivity contribution in [3.63, 3.8) is 0 Å². The summed E-state index contributed by atoms with van der Waals surface area (Å²) in [6, 6.07) is 2.50. The molecule has 20 heavy (non-hydrogen) atoms. The van der Waals surface area contributed by atoms with E-state index < -0.39 is 11.6 Å². The monoisotopic (exact) mass is 279 g/mol. The Labute approximate surface area is 119 Å². The summed E-state index contributed by atoms with van der Waals surface area (Å²) in [6.07, 6.45) is 3.54. The first-order valence-corrected chi connectivity index (χ1v) is 7.58. The molecular weight excluding hydrogens is 256 g/mol. The molecule has 3 heteroatoms. The van der Waals surface area contributed by atoms with Gasteiger partial charge in [-0.25, -0.2) is 8.78 Å². The quantitative estimate of drug-likeness (QED) is 0.768. The summed E-state index contributed by atoms with van der Waals surface area (Å²) in [4.78, 5) is 0. The van der Waals surface area contributed by atoms with Gasteiger partial charge in [0.25, 0.3) is 0 Å². The lowest BCUT2D eigenvalue weighted by atomic mass is 9.64. The fraction of sp³-hybridized carbons (Fsp3) is 0.647. The van der Waals surface area contributed by atoms with Crippen LogP contribution < -0.4 is 5.32 Å². The highest BCUT2D eigenvalue weighted by Crippen LogP contribution is 2.49. The largest absolute Gasteiger partial charge is 0.382 e. The summed E-state index contributed by atoms with van der Waals surface area (Å²) < 4.78 is 27.3. The molecule has 1 heterocycles. The van der Waals surface area contributed by atoms with Gasteiger partial charge in [0.05, 0.1) is 5.69 Å². The van der Waals surface area contributed by atoms with Crippen molar-refractivity contribution in [2.45, 2.75) is 46.0 Å². The minimum absolute atomic E-state index is 0.247. The number of nitrogens with one attached hydrogen (secondary N) is 1. The number of hydrogen-bond donors (Lipinski definition) is 1. The maximum atomic E-state index is 13.8. The standard InChI is InChI=1S/C17H23F2N/c1-10-4-11(8-17(2,3)7-10)14-9-20-16-13(14)5-12(18)6-15(16)19/h5-6,10-11,14,20H,4,7-9H2,1-3H3. The Morgan fingerprint density at radius 2 is 1.95 bits per heavy atom. The van der Waals surface area contributed by atoms with Crippen LogP contribution in [0.5, 0.6) is 0 Å². The van der Waals surface area contributed by atoms with Crippen molar-refractivity contribution in [2.75, 3.05) is 11.9 Å². The van der Waals surface area contributed by atoms with Crippen LogP contribution in [0.4, 0.5) is 14.5 Å². The predicted molar refractivity (Wildman–Crippen MR) is 77.9 cm³/mol. The maximum Gasteiger partial charge on any atom is 0.149 e. The second kappa shape index (κ2) is 4.71. The van der Waals surface area contributed by atoms with Gasteiger partial charge in [-0.3, -0.25) is 0 Å². The van der Waals surface area contributed by atoms with Gasteiger partial charge in [-0.05, 0) is 48.1 Å². The Balaban J connectivity index is 1.91. The number of halogens is 2. The molecule has 0 spiro atoms. The Kier molecular flexibility index (Phi) is 3.26. The summed E-state index contributed by atoms with van der Waals surface area (Å²) in [5.74, 6) is 0.538. The third-order valence-corrected chi connectivity index (χ3v) is 4.97. The van der Waals surface area contributed by atoms with Gasteiger partial charge in [0, 0.05) is 18.5 Å². The number of anilines is 1. The van der Waals surface area contributed by atoms with E-state index in [1.807, 2.05) is 0 Å². The molecule has 1 aromatic carbocycles. The van der Waals surface area contributed by atoms with E-state index in [1.165, 1.54) is 12.5 Å². The van der Waals surface area contributed by atoms with Crippen LogP contribution >= 0.6 is 0 Å². The van der Waals surface area contributed by atoms with Crippen molar-refractivity contribution in [3.05, 3.63) is 29.3 Å². The lowest BCUT2D eigenvalue weighted by Crippen LogP contribution is -2.31. The molecule has 1 fully saturated rings. The SMILES string of the molecule is CC1CC(C2CNc3c(F)cc(F)cc32)CC(C)(C)C1. The Hall–Kier alpha value is -1.12. The predicted octanol–water partition coefficient (Wildman–Crippen LogP) is 4.94. The highest BCUT2D eigenvalue weighted by Gasteiger charge is 2.39. The van der Waals surface area contributed by atoms with Crippen LogP contribution in [0, 0.1) is 28.9 Å². The summed E-state index contributed by atoms with van der Waals surface area (Å²) in [6.45, 7) is 7.66. The van der Waals surface area contributed by atoms with E-state index in [1.54, 1.807) is 0 Å². The number of fused-ring (bicyclic) bond motifs is 1. The topological polar surface area (TPSA) is 12.0 Å². The first-order chi connectivity index (χ1) is 9.35. The van der Waals surface area contributed by atoms with E-state index in [0.29, 0.717) is 22.9 Å². The van der Waals surface area contributed by atoms with Crippen LogP contribution in [0.2, 0.25) is 0 Å². The molecule has 0 amide bonds. The van der Waals surface area contributed by atoms with Gasteiger partial charge in [-0.1, -0.05) is 20.8 Å². The van der Waals surface area contributed by atoms with E-state index in [4.69, 9.17) is 0 Å². The maximum absolute atomic E-state index is 13.8. The zero-order valence-corrected chi connectivity index (χ0v) is 12.5. The van der Waals surface area contributed by atoms with Gasteiger partial charge in [0.2, 0.25) is 0 Å². The first kappa shape index (κ1) is 13.8. The van der Waals surface area contributed by atoms with Gasteiger partial charge in [-0.15, -0.1) is 0 Å². The van der Waals surface area contributed by atoms with Crippen LogP contribution in [0.3, 0.4) is 0 Å². The summed E-state index contributed by atoms with van der Waals surface area (Å²) >= 11 is 0. The second-order valence-corrected chi connectivity index (χ2v) is 7.51. The molecule has 1 aliphatic carbocycles. The van der Waals surface area contributed by atoms with Gasteiger partial charge in [-0.2, -0.15) is 0 Å². The molecule has 0 radical (unpaired) electrons. The number of hydrogen-bond acceptors (Lipinski definition) is 1. The average molecular weight is 279 g/mol. The van der Waals surface area contributed by atoms with E-state index >= 15 is 0 Å². The average Bonchev–Trinajstić information content (AvgIpc) is 2.69. The first-order valence-electron chi connectivity index (χ1n) is 7.58. The molecule has 1 nitrogen and oxygen atoms in total. The fourth-order valence-corrected chi connectivity index (χ4v) is 4.54. The molecule has 3 atom stereocenters. The van der Waals surface area contributed by atoms with Gasteiger partial charge in [0.15, 0.2) is 0 Å². The lowest BCUT2D eigenvalue weighted by molar-refractivity contribution is 0.119. The Morgan fingerprint density at radius 3 is 2.65 bits per heavy atom. The van der Waals surface area contributed by atoms with Crippen LogP contribution in [0.1, 0.15) is 51.5 Å². The molecule has 1 saturated carbocycles. The molecule has 0 bridgehead atoms. The molecule has 0 saturated heterocycles. The van der Waals surface area contributed by atoms with Gasteiger partial charge < -0.3 is 5.32 Å². The Morgan fingerprint density at radius 1 is 1.20 bits per heavy atom. The minimum atomic E-state index is -0.460. The van der Waals surface area contributed by atoms with E-state index in [9.17, 15) is 8.78 Å². The highest BCUT2D eigenvalue weighted by atomic mass is 19.1. The molecular formula is C17H23F2N. The van der Waals surface area contributed by atoms with Crippen molar-refractivity contribution >= 4 is 5.69 Å². The second-order valence-electron chi connectivity index (χ2n) is 7.51. The third-order valence-electron chi connectivity index (χ3n) is 4.97. The van der Waals surface area contributed by atoms with E-state index in [0.717, 1.165) is 31.0 Å². The van der Waals surface area contributed by atoms with Crippen molar-refractivity contribution in [3.8, 4) is 0 Å². The Bertz CT molecular complexity index is 524. The molecule has 3 rings (SSSR count). The molecule has 110 valence electrons. The van der Waals surface area contributed by atoms with Gasteiger partial charge >= 0.3 is 0 Å². The smallest absolute Gasteiger partial charge is 0.149 e. The fourth-order valence-electron chi connectivity index (χ4n) is 4.54. The van der Waals surface area contributed by atoms with Gasteiger partial charge in [0.1, 0.15) is 11.6 Å². The van der Waals surface area contributed by atoms with Crippen LogP contribution in [-0.2, 0) is 0 Å². The van der Waals surface area contributed by atoms with E-state index in [2.05, 4.69) is 26.1 Å². The summed E-state index contributed by atoms with van der Waals surface area (Å²) in [5.41, 5.74) is 1.70. The van der Waals surface area contributed by atoms with E-state index in [-0.39, 0.29) is 5.92 Å². The third kappa shape index (κ3) is 2.43. The minimum Gasteiger partial charge on any atom is -0.382 e. The van der Waals surface area contributed by atoms with Crippen molar-refractivity contribution in [2.24, 2.45) is 17.3 Å². The summed E-state index contributed by atoms with van der Waals surface area (Å²) in [7, 11) is 0. The zero-order chi connectivity index (χ0) is 14.5.